The maximum absolute atomic E-state index is 12.8. The molecule has 3 heterocycles. The molecule has 1 saturated heterocycles. The normalized spacial score (nSPS) is 14.2. The Kier molecular flexibility index (Phi) is 7.17. The van der Waals surface area contributed by atoms with E-state index in [4.69, 9.17) is 16.3 Å². The molecule has 0 unspecified atom stereocenters. The summed E-state index contributed by atoms with van der Waals surface area (Å²) in [6, 6.07) is 8.98. The molecule has 0 bridgehead atoms. The average Bonchev–Trinajstić information content (AvgIpc) is 3.16. The minimum absolute atomic E-state index is 0.0634. The van der Waals surface area contributed by atoms with E-state index in [1.165, 1.54) is 0 Å². The molecule has 2 aromatic heterocycles. The van der Waals surface area contributed by atoms with Crippen molar-refractivity contribution in [1.82, 2.24) is 24.8 Å². The highest BCUT2D eigenvalue weighted by Crippen LogP contribution is 2.31. The van der Waals surface area contributed by atoms with E-state index in [9.17, 15) is 9.59 Å². The fraction of sp³-hybridized carbons (Fsp3) is 0.360. The summed E-state index contributed by atoms with van der Waals surface area (Å²) in [7, 11) is 1.93. The first-order valence-corrected chi connectivity index (χ1v) is 11.6. The number of hydrogen-bond acceptors (Lipinski definition) is 5. The Balaban J connectivity index is 1.54. The van der Waals surface area contributed by atoms with Gasteiger partial charge < -0.3 is 19.5 Å². The van der Waals surface area contributed by atoms with E-state index in [0.29, 0.717) is 30.4 Å². The van der Waals surface area contributed by atoms with Crippen molar-refractivity contribution in [1.29, 1.82) is 0 Å². The molecule has 34 heavy (non-hydrogen) atoms. The Hall–Kier alpha value is -3.39. The smallest absolute Gasteiger partial charge is 0.270 e. The van der Waals surface area contributed by atoms with Gasteiger partial charge in [-0.15, -0.1) is 0 Å². The molecule has 0 aliphatic carbocycles. The Morgan fingerprint density at radius 1 is 1.21 bits per heavy atom. The first-order chi connectivity index (χ1) is 16.3. The summed E-state index contributed by atoms with van der Waals surface area (Å²) >= 11 is 5.93. The van der Waals surface area contributed by atoms with Crippen LogP contribution in [0.4, 0.5) is 0 Å². The predicted octanol–water partition coefficient (Wildman–Crippen LogP) is 3.76. The zero-order chi connectivity index (χ0) is 24.2. The molecule has 4 rings (SSSR count). The van der Waals surface area contributed by atoms with Crippen molar-refractivity contribution in [2.75, 3.05) is 13.1 Å². The fourth-order valence-corrected chi connectivity index (χ4v) is 4.01. The van der Waals surface area contributed by atoms with Crippen molar-refractivity contribution >= 4 is 23.4 Å². The molecule has 178 valence electrons. The van der Waals surface area contributed by atoms with Crippen molar-refractivity contribution in [3.8, 4) is 17.0 Å². The second-order valence-electron chi connectivity index (χ2n) is 8.48. The number of likely N-dealkylation sites (tertiary alicyclic amines) is 1. The third kappa shape index (κ3) is 5.56. The van der Waals surface area contributed by atoms with Crippen LogP contribution in [0.15, 0.2) is 42.7 Å². The van der Waals surface area contributed by atoms with Crippen LogP contribution in [0.5, 0.6) is 5.75 Å². The molecule has 9 heteroatoms. The van der Waals surface area contributed by atoms with Crippen LogP contribution >= 0.6 is 11.6 Å². The quantitative estimate of drug-likeness (QED) is 0.579. The molecule has 1 fully saturated rings. The standard InChI is InChI=1S/C25H28ClN5O3/c1-16-29-23(15-30(16)3)21-14-27-22(25(33)28-13-18-4-6-19(26)7-5-18)12-24(21)34-20-8-10-31(11-9-20)17(2)32/h4-7,12,14-15,20H,8-11,13H2,1-3H3,(H,28,33). The van der Waals surface area contributed by atoms with E-state index < -0.39 is 0 Å². The van der Waals surface area contributed by atoms with Crippen molar-refractivity contribution in [3.05, 3.63) is 64.8 Å². The summed E-state index contributed by atoms with van der Waals surface area (Å²) < 4.78 is 8.29. The molecule has 0 radical (unpaired) electrons. The lowest BCUT2D eigenvalue weighted by molar-refractivity contribution is -0.130. The zero-order valence-corrected chi connectivity index (χ0v) is 20.3. The Morgan fingerprint density at radius 3 is 2.53 bits per heavy atom. The first kappa shape index (κ1) is 23.8. The van der Waals surface area contributed by atoms with E-state index in [0.717, 1.165) is 35.5 Å². The molecular weight excluding hydrogens is 454 g/mol. The number of nitrogens with one attached hydrogen (secondary N) is 1. The lowest BCUT2D eigenvalue weighted by atomic mass is 10.1. The average molecular weight is 482 g/mol. The lowest BCUT2D eigenvalue weighted by Gasteiger charge is -2.31. The molecule has 1 aromatic carbocycles. The largest absolute Gasteiger partial charge is 0.489 e. The minimum Gasteiger partial charge on any atom is -0.489 e. The van der Waals surface area contributed by atoms with Gasteiger partial charge in [0.2, 0.25) is 5.91 Å². The van der Waals surface area contributed by atoms with Crippen LogP contribution < -0.4 is 10.1 Å². The molecule has 0 atom stereocenters. The van der Waals surface area contributed by atoms with Gasteiger partial charge in [0, 0.05) is 69.9 Å². The van der Waals surface area contributed by atoms with Crippen LogP contribution in [0.2, 0.25) is 5.02 Å². The summed E-state index contributed by atoms with van der Waals surface area (Å²) in [5.74, 6) is 1.20. The first-order valence-electron chi connectivity index (χ1n) is 11.3. The number of pyridine rings is 1. The number of amides is 2. The van der Waals surface area contributed by atoms with Gasteiger partial charge in [0.05, 0.1) is 11.3 Å². The minimum atomic E-state index is -0.296. The molecule has 1 aliphatic heterocycles. The Morgan fingerprint density at radius 2 is 1.91 bits per heavy atom. The van der Waals surface area contributed by atoms with Gasteiger partial charge in [0.1, 0.15) is 23.4 Å². The van der Waals surface area contributed by atoms with Gasteiger partial charge in [-0.05, 0) is 24.6 Å². The number of hydrogen-bond donors (Lipinski definition) is 1. The highest BCUT2D eigenvalue weighted by atomic mass is 35.5. The fourth-order valence-electron chi connectivity index (χ4n) is 3.88. The number of benzene rings is 1. The number of aromatic nitrogens is 3. The van der Waals surface area contributed by atoms with E-state index in [1.807, 2.05) is 41.8 Å². The number of aryl methyl sites for hydroxylation is 2. The summed E-state index contributed by atoms with van der Waals surface area (Å²) in [5, 5.41) is 3.54. The van der Waals surface area contributed by atoms with E-state index >= 15 is 0 Å². The van der Waals surface area contributed by atoms with Gasteiger partial charge in [0.15, 0.2) is 0 Å². The van der Waals surface area contributed by atoms with Crippen LogP contribution in [0.25, 0.3) is 11.3 Å². The second kappa shape index (κ2) is 10.3. The van der Waals surface area contributed by atoms with Crippen LogP contribution in [0, 0.1) is 6.92 Å². The molecule has 1 N–H and O–H groups in total. The van der Waals surface area contributed by atoms with Crippen molar-refractivity contribution in [2.24, 2.45) is 7.05 Å². The number of halogens is 1. The summed E-state index contributed by atoms with van der Waals surface area (Å²) in [5.41, 5.74) is 2.66. The van der Waals surface area contributed by atoms with Crippen LogP contribution in [-0.4, -0.2) is 50.4 Å². The van der Waals surface area contributed by atoms with Gasteiger partial charge in [-0.1, -0.05) is 23.7 Å². The molecule has 0 spiro atoms. The van der Waals surface area contributed by atoms with Crippen LogP contribution in [-0.2, 0) is 18.4 Å². The molecule has 8 nitrogen and oxygen atoms in total. The molecule has 2 amide bonds. The maximum Gasteiger partial charge on any atom is 0.270 e. The van der Waals surface area contributed by atoms with Gasteiger partial charge >= 0.3 is 0 Å². The van der Waals surface area contributed by atoms with Gasteiger partial charge in [-0.3, -0.25) is 14.6 Å². The van der Waals surface area contributed by atoms with Crippen molar-refractivity contribution in [2.45, 2.75) is 39.3 Å². The second-order valence-corrected chi connectivity index (χ2v) is 8.92. The SMILES string of the molecule is CC(=O)N1CCC(Oc2cc(C(=O)NCc3ccc(Cl)cc3)ncc2-c2cn(C)c(C)n2)CC1. The predicted molar refractivity (Wildman–Crippen MR) is 130 cm³/mol. The molecule has 3 aromatic rings. The van der Waals surface area contributed by atoms with E-state index in [1.54, 1.807) is 31.3 Å². The molecular formula is C25H28ClN5O3. The number of carbonyl (C=O) groups is 2. The lowest BCUT2D eigenvalue weighted by Crippen LogP contribution is -2.40. The number of rotatable bonds is 6. The van der Waals surface area contributed by atoms with Crippen molar-refractivity contribution < 1.29 is 14.3 Å². The number of piperidine rings is 1. The van der Waals surface area contributed by atoms with E-state index in [2.05, 4.69) is 15.3 Å². The highest BCUT2D eigenvalue weighted by molar-refractivity contribution is 6.30. The summed E-state index contributed by atoms with van der Waals surface area (Å²) in [6.45, 7) is 5.17. The third-order valence-electron chi connectivity index (χ3n) is 6.03. The Labute approximate surface area is 203 Å². The summed E-state index contributed by atoms with van der Waals surface area (Å²) in [6.07, 6.45) is 4.93. The monoisotopic (exact) mass is 481 g/mol. The number of carbonyl (C=O) groups excluding carboxylic acids is 2. The van der Waals surface area contributed by atoms with Gasteiger partial charge in [-0.25, -0.2) is 4.98 Å². The van der Waals surface area contributed by atoms with Crippen LogP contribution in [0.3, 0.4) is 0 Å². The Bertz CT molecular complexity index is 1160. The highest BCUT2D eigenvalue weighted by Gasteiger charge is 2.24. The van der Waals surface area contributed by atoms with Gasteiger partial charge in [0.25, 0.3) is 5.91 Å². The molecule has 0 saturated carbocycles. The van der Waals surface area contributed by atoms with Crippen molar-refractivity contribution in [3.63, 3.8) is 0 Å². The number of imidazole rings is 1. The zero-order valence-electron chi connectivity index (χ0n) is 19.5. The maximum atomic E-state index is 12.8. The number of ether oxygens (including phenoxy) is 1. The topological polar surface area (TPSA) is 89.4 Å². The molecule has 1 aliphatic rings. The number of nitrogens with zero attached hydrogens (tertiary/aromatic N) is 4. The van der Waals surface area contributed by atoms with Gasteiger partial charge in [-0.2, -0.15) is 0 Å². The van der Waals surface area contributed by atoms with E-state index in [-0.39, 0.29) is 23.6 Å². The van der Waals surface area contributed by atoms with Crippen LogP contribution in [0.1, 0.15) is 41.6 Å². The third-order valence-corrected chi connectivity index (χ3v) is 6.28. The summed E-state index contributed by atoms with van der Waals surface area (Å²) in [4.78, 5) is 35.3.